The van der Waals surface area contributed by atoms with Crippen molar-refractivity contribution in [3.8, 4) is 5.75 Å². The van der Waals surface area contributed by atoms with E-state index in [0.717, 1.165) is 51.2 Å². The van der Waals surface area contributed by atoms with Crippen LogP contribution in [0, 0.1) is 6.92 Å². The number of aryl methyl sites for hydroxylation is 1. The van der Waals surface area contributed by atoms with Crippen molar-refractivity contribution in [2.45, 2.75) is 62.6 Å². The molecule has 0 saturated heterocycles. The fourth-order valence-electron chi connectivity index (χ4n) is 5.93. The number of methoxy groups -OCH3 is 1. The molecule has 1 fully saturated rings. The van der Waals surface area contributed by atoms with E-state index in [9.17, 15) is 18.0 Å². The van der Waals surface area contributed by atoms with Crippen LogP contribution in [0.1, 0.15) is 42.4 Å². The molecule has 0 aromatic heterocycles. The van der Waals surface area contributed by atoms with E-state index in [1.54, 1.807) is 30.3 Å². The number of amides is 2. The number of nitrogens with one attached hydrogen (secondary N) is 1. The van der Waals surface area contributed by atoms with Crippen molar-refractivity contribution in [2.75, 3.05) is 18.0 Å². The number of halogens is 2. The largest absolute Gasteiger partial charge is 0.496 e. The molecule has 48 heavy (non-hydrogen) atoms. The van der Waals surface area contributed by atoms with Gasteiger partial charge in [-0.15, -0.1) is 0 Å². The average Bonchev–Trinajstić information content (AvgIpc) is 3.59. The summed E-state index contributed by atoms with van der Waals surface area (Å²) in [6.07, 6.45) is 4.13. The molecule has 5 rings (SSSR count). The quantitative estimate of drug-likeness (QED) is 0.152. The molecule has 0 spiro atoms. The van der Waals surface area contributed by atoms with Gasteiger partial charge in [0.05, 0.1) is 22.2 Å². The van der Waals surface area contributed by atoms with Gasteiger partial charge in [0.25, 0.3) is 10.0 Å². The minimum Gasteiger partial charge on any atom is -0.496 e. The number of benzene rings is 4. The summed E-state index contributed by atoms with van der Waals surface area (Å²) in [6, 6.07) is 27.7. The van der Waals surface area contributed by atoms with Gasteiger partial charge < -0.3 is 15.0 Å². The van der Waals surface area contributed by atoms with Gasteiger partial charge in [0.2, 0.25) is 11.8 Å². The summed E-state index contributed by atoms with van der Waals surface area (Å²) in [5.41, 5.74) is 2.96. The summed E-state index contributed by atoms with van der Waals surface area (Å²) in [5, 5.41) is 3.21. The Labute approximate surface area is 299 Å². The van der Waals surface area contributed by atoms with Gasteiger partial charge >= 0.3 is 0 Å². The fraction of sp³-hybridized carbons (Fsp3) is 0.297. The van der Waals surface area contributed by atoms with Crippen molar-refractivity contribution in [1.82, 2.24) is 10.2 Å². The third kappa shape index (κ3) is 8.86. The Morgan fingerprint density at radius 3 is 2.23 bits per heavy atom. The summed E-state index contributed by atoms with van der Waals surface area (Å²) in [6.45, 7) is 1.49. The van der Waals surface area contributed by atoms with Gasteiger partial charge in [-0.3, -0.25) is 13.9 Å². The predicted molar refractivity (Wildman–Crippen MR) is 195 cm³/mol. The Morgan fingerprint density at radius 1 is 0.896 bits per heavy atom. The molecule has 1 unspecified atom stereocenters. The molecule has 4 aromatic carbocycles. The van der Waals surface area contributed by atoms with Crippen LogP contribution >= 0.6 is 31.9 Å². The molecule has 1 saturated carbocycles. The van der Waals surface area contributed by atoms with E-state index in [4.69, 9.17) is 4.74 Å². The molecule has 11 heteroatoms. The second kappa shape index (κ2) is 16.2. The number of nitrogens with zero attached hydrogens (tertiary/aromatic N) is 2. The van der Waals surface area contributed by atoms with Crippen LogP contribution in [0.4, 0.5) is 5.69 Å². The predicted octanol–water partition coefficient (Wildman–Crippen LogP) is 7.42. The first kappa shape index (κ1) is 35.6. The van der Waals surface area contributed by atoms with Gasteiger partial charge in [0.1, 0.15) is 18.3 Å². The van der Waals surface area contributed by atoms with Crippen molar-refractivity contribution in [3.63, 3.8) is 0 Å². The van der Waals surface area contributed by atoms with E-state index in [1.807, 2.05) is 61.5 Å². The lowest BCUT2D eigenvalue weighted by molar-refractivity contribution is -0.140. The number of carbonyl (C=O) groups is 2. The van der Waals surface area contributed by atoms with Crippen LogP contribution in [0.25, 0.3) is 0 Å². The van der Waals surface area contributed by atoms with E-state index in [-0.39, 0.29) is 29.8 Å². The minimum absolute atomic E-state index is 0.0121. The molecule has 252 valence electrons. The molecular weight excluding hydrogens is 758 g/mol. The molecule has 1 atom stereocenters. The first-order chi connectivity index (χ1) is 23.0. The van der Waals surface area contributed by atoms with Gasteiger partial charge in [0.15, 0.2) is 0 Å². The number of sulfonamides is 1. The maximum Gasteiger partial charge on any atom is 0.264 e. The third-order valence-electron chi connectivity index (χ3n) is 8.53. The van der Waals surface area contributed by atoms with Gasteiger partial charge in [0, 0.05) is 23.5 Å². The number of carbonyl (C=O) groups excluding carboxylic acids is 2. The third-order valence-corrected chi connectivity index (χ3v) is 11.4. The number of rotatable bonds is 13. The molecule has 1 aliphatic carbocycles. The summed E-state index contributed by atoms with van der Waals surface area (Å²) in [7, 11) is -2.75. The second-order valence-corrected chi connectivity index (χ2v) is 15.6. The van der Waals surface area contributed by atoms with Crippen molar-refractivity contribution in [3.05, 3.63) is 123 Å². The molecule has 0 radical (unpaired) electrons. The lowest BCUT2D eigenvalue weighted by atomic mass is 10.0. The Balaban J connectivity index is 1.57. The topological polar surface area (TPSA) is 96.0 Å². The summed E-state index contributed by atoms with van der Waals surface area (Å²) in [4.78, 5) is 30.4. The van der Waals surface area contributed by atoms with Crippen molar-refractivity contribution >= 4 is 59.4 Å². The molecule has 1 aliphatic rings. The molecule has 2 amide bonds. The van der Waals surface area contributed by atoms with Crippen molar-refractivity contribution in [1.29, 1.82) is 0 Å². The van der Waals surface area contributed by atoms with Crippen LogP contribution in [-0.2, 0) is 32.6 Å². The molecule has 0 heterocycles. The van der Waals surface area contributed by atoms with E-state index in [1.165, 1.54) is 24.1 Å². The lowest BCUT2D eigenvalue weighted by Crippen LogP contribution is -2.54. The normalized spacial score (nSPS) is 13.9. The zero-order chi connectivity index (χ0) is 34.3. The highest BCUT2D eigenvalue weighted by Gasteiger charge is 2.35. The molecule has 1 N–H and O–H groups in total. The average molecular weight is 798 g/mol. The van der Waals surface area contributed by atoms with Crippen molar-refractivity contribution in [2.24, 2.45) is 0 Å². The Bertz CT molecular complexity index is 1830. The monoisotopic (exact) mass is 795 g/mol. The van der Waals surface area contributed by atoms with Crippen LogP contribution in [0.2, 0.25) is 0 Å². The first-order valence-electron chi connectivity index (χ1n) is 15.9. The highest BCUT2D eigenvalue weighted by atomic mass is 79.9. The lowest BCUT2D eigenvalue weighted by Gasteiger charge is -2.34. The Kier molecular flexibility index (Phi) is 12.0. The molecule has 0 bridgehead atoms. The van der Waals surface area contributed by atoms with Gasteiger partial charge in [-0.25, -0.2) is 8.42 Å². The zero-order valence-electron chi connectivity index (χ0n) is 26.9. The summed E-state index contributed by atoms with van der Waals surface area (Å²) >= 11 is 6.93. The van der Waals surface area contributed by atoms with Crippen LogP contribution in [0.15, 0.2) is 111 Å². The number of anilines is 1. The second-order valence-electron chi connectivity index (χ2n) is 12.0. The smallest absolute Gasteiger partial charge is 0.264 e. The Hall–Kier alpha value is -3.67. The number of ether oxygens (including phenoxy) is 1. The maximum absolute atomic E-state index is 14.7. The first-order valence-corrected chi connectivity index (χ1v) is 18.9. The standard InChI is InChI=1S/C37H39Br2N3O5S/c1-26-15-17-31(18-16-26)42(48(45,46)32-19-20-35(47-2)33(39)23-32)25-36(43)41(24-28-11-8-12-29(38)21-28)34(22-27-9-4-3-5-10-27)37(44)40-30-13-6-7-14-30/h3-5,8-12,15-21,23,30,34H,6-7,13-14,22,24-25H2,1-2H3,(H,40,44). The van der Waals surface area contributed by atoms with Crippen LogP contribution in [0.3, 0.4) is 0 Å². The van der Waals surface area contributed by atoms with Crippen LogP contribution < -0.4 is 14.4 Å². The highest BCUT2D eigenvalue weighted by molar-refractivity contribution is 9.10. The summed E-state index contributed by atoms with van der Waals surface area (Å²) < 4.78 is 36.5. The highest BCUT2D eigenvalue weighted by Crippen LogP contribution is 2.31. The van der Waals surface area contributed by atoms with Gasteiger partial charge in [-0.1, -0.05) is 88.9 Å². The minimum atomic E-state index is -4.25. The molecule has 4 aromatic rings. The van der Waals surface area contributed by atoms with E-state index in [2.05, 4.69) is 37.2 Å². The molecule has 8 nitrogen and oxygen atoms in total. The number of hydrogen-bond acceptors (Lipinski definition) is 5. The molecular formula is C37H39Br2N3O5S. The van der Waals surface area contributed by atoms with E-state index in [0.29, 0.717) is 15.9 Å². The summed E-state index contributed by atoms with van der Waals surface area (Å²) in [5.74, 6) is -0.281. The van der Waals surface area contributed by atoms with Gasteiger partial charge in [-0.2, -0.15) is 0 Å². The van der Waals surface area contributed by atoms with Crippen molar-refractivity contribution < 1.29 is 22.7 Å². The SMILES string of the molecule is COc1ccc(S(=O)(=O)N(CC(=O)N(Cc2cccc(Br)c2)C(Cc2ccccc2)C(=O)NC2CCCC2)c2ccc(C)cc2)cc1Br. The number of hydrogen-bond donors (Lipinski definition) is 1. The van der Waals surface area contributed by atoms with Crippen LogP contribution in [-0.4, -0.2) is 50.9 Å². The van der Waals surface area contributed by atoms with Crippen LogP contribution in [0.5, 0.6) is 5.75 Å². The maximum atomic E-state index is 14.7. The fourth-order valence-corrected chi connectivity index (χ4v) is 8.51. The van der Waals surface area contributed by atoms with E-state index >= 15 is 0 Å². The van der Waals surface area contributed by atoms with Gasteiger partial charge in [-0.05, 0) is 89.3 Å². The Morgan fingerprint density at radius 2 is 1.58 bits per heavy atom. The zero-order valence-corrected chi connectivity index (χ0v) is 30.9. The van der Waals surface area contributed by atoms with E-state index < -0.39 is 28.5 Å². The molecule has 0 aliphatic heterocycles.